The number of amides is 2. The van der Waals surface area contributed by atoms with Gasteiger partial charge in [0.05, 0.1) is 6.42 Å². The molecule has 1 aliphatic carbocycles. The Morgan fingerprint density at radius 2 is 1.75 bits per heavy atom. The van der Waals surface area contributed by atoms with Crippen molar-refractivity contribution in [1.82, 2.24) is 10.2 Å². The Morgan fingerprint density at radius 3 is 2.42 bits per heavy atom. The predicted molar refractivity (Wildman–Crippen MR) is 94.6 cm³/mol. The summed E-state index contributed by atoms with van der Waals surface area (Å²) in [7, 11) is 0. The van der Waals surface area contributed by atoms with Crippen molar-refractivity contribution >= 4 is 11.8 Å². The lowest BCUT2D eigenvalue weighted by atomic mass is 10.0. The lowest BCUT2D eigenvalue weighted by Gasteiger charge is -2.34. The Morgan fingerprint density at radius 1 is 1.08 bits per heavy atom. The molecule has 4 nitrogen and oxygen atoms in total. The number of likely N-dealkylation sites (tertiary alicyclic amines) is 1. The van der Waals surface area contributed by atoms with Gasteiger partial charge in [-0.1, -0.05) is 37.1 Å². The van der Waals surface area contributed by atoms with Gasteiger partial charge in [-0.25, -0.2) is 0 Å². The van der Waals surface area contributed by atoms with E-state index in [2.05, 4.69) is 5.32 Å². The predicted octanol–water partition coefficient (Wildman–Crippen LogP) is 2.83. The third-order valence-electron chi connectivity index (χ3n) is 5.49. The summed E-state index contributed by atoms with van der Waals surface area (Å²) >= 11 is 0. The van der Waals surface area contributed by atoms with Crippen molar-refractivity contribution in [2.24, 2.45) is 5.92 Å². The molecule has 130 valence electrons. The van der Waals surface area contributed by atoms with Gasteiger partial charge >= 0.3 is 0 Å². The maximum atomic E-state index is 12.4. The smallest absolute Gasteiger partial charge is 0.225 e. The molecule has 2 aliphatic rings. The van der Waals surface area contributed by atoms with Crippen LogP contribution in [0.3, 0.4) is 0 Å². The molecular formula is C20H28N2O2. The van der Waals surface area contributed by atoms with Crippen LogP contribution in [-0.2, 0) is 16.0 Å². The fraction of sp³-hybridized carbons (Fsp3) is 0.600. The molecule has 0 spiro atoms. The first-order chi connectivity index (χ1) is 11.6. The Labute approximate surface area is 144 Å². The lowest BCUT2D eigenvalue weighted by molar-refractivity contribution is -0.136. The molecule has 0 aromatic heterocycles. The van der Waals surface area contributed by atoms with Crippen LogP contribution in [0.5, 0.6) is 0 Å². The molecule has 0 atom stereocenters. The molecule has 4 heteroatoms. The Bertz CT molecular complexity index is 585. The van der Waals surface area contributed by atoms with Crippen molar-refractivity contribution in [1.29, 1.82) is 0 Å². The fourth-order valence-corrected chi connectivity index (χ4v) is 3.94. The third kappa shape index (κ3) is 4.16. The number of benzene rings is 1. The second-order valence-electron chi connectivity index (χ2n) is 7.25. The number of nitrogens with one attached hydrogen (secondary N) is 1. The van der Waals surface area contributed by atoms with Crippen LogP contribution in [0.4, 0.5) is 0 Å². The maximum absolute atomic E-state index is 12.4. The van der Waals surface area contributed by atoms with Crippen molar-refractivity contribution in [3.05, 3.63) is 35.4 Å². The van der Waals surface area contributed by atoms with Crippen LogP contribution in [0.15, 0.2) is 24.3 Å². The molecule has 24 heavy (non-hydrogen) atoms. The monoisotopic (exact) mass is 328 g/mol. The topological polar surface area (TPSA) is 49.4 Å². The summed E-state index contributed by atoms with van der Waals surface area (Å²) in [5.74, 6) is 0.694. The quantitative estimate of drug-likeness (QED) is 0.924. The van der Waals surface area contributed by atoms with Crippen molar-refractivity contribution in [3.63, 3.8) is 0 Å². The highest BCUT2D eigenvalue weighted by atomic mass is 16.2. The molecule has 2 amide bonds. The SMILES string of the molecule is Cc1ccccc1CC(=O)NC1CCN(C(=O)C2CCCC2)CC1. The second-order valence-corrected chi connectivity index (χ2v) is 7.25. The summed E-state index contributed by atoms with van der Waals surface area (Å²) in [5, 5.41) is 3.15. The molecule has 1 saturated heterocycles. The zero-order valence-electron chi connectivity index (χ0n) is 14.6. The zero-order chi connectivity index (χ0) is 16.9. The normalized spacial score (nSPS) is 19.5. The van der Waals surface area contributed by atoms with Crippen molar-refractivity contribution in [2.75, 3.05) is 13.1 Å². The van der Waals surface area contributed by atoms with Crippen LogP contribution >= 0.6 is 0 Å². The number of carbonyl (C=O) groups excluding carboxylic acids is 2. The van der Waals surface area contributed by atoms with Gasteiger partial charge in [0.25, 0.3) is 0 Å². The zero-order valence-corrected chi connectivity index (χ0v) is 14.6. The Kier molecular flexibility index (Phi) is 5.54. The van der Waals surface area contributed by atoms with Gasteiger partial charge in [-0.05, 0) is 43.7 Å². The molecule has 1 aromatic rings. The highest BCUT2D eigenvalue weighted by Gasteiger charge is 2.30. The maximum Gasteiger partial charge on any atom is 0.225 e. The van der Waals surface area contributed by atoms with E-state index in [1.165, 1.54) is 12.8 Å². The molecule has 1 N–H and O–H groups in total. The fourth-order valence-electron chi connectivity index (χ4n) is 3.94. The van der Waals surface area contributed by atoms with Gasteiger partial charge in [0.1, 0.15) is 0 Å². The number of rotatable bonds is 4. The summed E-state index contributed by atoms with van der Waals surface area (Å²) in [4.78, 5) is 26.7. The molecule has 0 radical (unpaired) electrons. The van der Waals surface area contributed by atoms with Gasteiger partial charge < -0.3 is 10.2 Å². The Hall–Kier alpha value is -1.84. The van der Waals surface area contributed by atoms with Gasteiger partial charge in [0.15, 0.2) is 0 Å². The van der Waals surface area contributed by atoms with E-state index < -0.39 is 0 Å². The van der Waals surface area contributed by atoms with Gasteiger partial charge in [0, 0.05) is 25.0 Å². The summed E-state index contributed by atoms with van der Waals surface area (Å²) in [6, 6.07) is 8.22. The third-order valence-corrected chi connectivity index (χ3v) is 5.49. The van der Waals surface area contributed by atoms with Gasteiger partial charge in [-0.15, -0.1) is 0 Å². The number of carbonyl (C=O) groups is 2. The number of hydrogen-bond acceptors (Lipinski definition) is 2. The summed E-state index contributed by atoms with van der Waals surface area (Å²) in [6.45, 7) is 3.60. The molecule has 2 fully saturated rings. The van der Waals surface area contributed by atoms with Crippen LogP contribution in [-0.4, -0.2) is 35.8 Å². The van der Waals surface area contributed by atoms with Crippen molar-refractivity contribution in [2.45, 2.75) is 57.9 Å². The highest BCUT2D eigenvalue weighted by molar-refractivity contribution is 5.80. The number of piperidine rings is 1. The van der Waals surface area contributed by atoms with Crippen molar-refractivity contribution in [3.8, 4) is 0 Å². The van der Waals surface area contributed by atoms with Crippen LogP contribution < -0.4 is 5.32 Å². The van der Waals surface area contributed by atoms with E-state index in [9.17, 15) is 9.59 Å². The molecule has 0 bridgehead atoms. The van der Waals surface area contributed by atoms with Gasteiger partial charge in [0.2, 0.25) is 11.8 Å². The van der Waals surface area contributed by atoms with Crippen LogP contribution in [0.25, 0.3) is 0 Å². The van der Waals surface area contributed by atoms with E-state index in [0.29, 0.717) is 12.3 Å². The van der Waals surface area contributed by atoms with E-state index in [1.807, 2.05) is 36.1 Å². The summed E-state index contributed by atoms with van der Waals surface area (Å²) < 4.78 is 0. The van der Waals surface area contributed by atoms with E-state index in [-0.39, 0.29) is 17.9 Å². The first-order valence-electron chi connectivity index (χ1n) is 9.26. The standard InChI is InChI=1S/C20H28N2O2/c1-15-6-2-3-9-17(15)14-19(23)21-18-10-12-22(13-11-18)20(24)16-7-4-5-8-16/h2-3,6,9,16,18H,4-5,7-8,10-14H2,1H3,(H,21,23). The molecule has 0 unspecified atom stereocenters. The van der Waals surface area contributed by atoms with Crippen LogP contribution in [0.1, 0.15) is 49.7 Å². The molecule has 1 aromatic carbocycles. The average Bonchev–Trinajstić information content (AvgIpc) is 3.11. The van der Waals surface area contributed by atoms with Crippen molar-refractivity contribution < 1.29 is 9.59 Å². The van der Waals surface area contributed by atoms with E-state index in [0.717, 1.165) is 49.9 Å². The molecule has 1 heterocycles. The Balaban J connectivity index is 1.44. The summed E-state index contributed by atoms with van der Waals surface area (Å²) in [5.41, 5.74) is 2.24. The number of hydrogen-bond donors (Lipinski definition) is 1. The number of aryl methyl sites for hydroxylation is 1. The van der Waals surface area contributed by atoms with Crippen LogP contribution in [0.2, 0.25) is 0 Å². The molecular weight excluding hydrogens is 300 g/mol. The van der Waals surface area contributed by atoms with Gasteiger partial charge in [-0.3, -0.25) is 9.59 Å². The highest BCUT2D eigenvalue weighted by Crippen LogP contribution is 2.27. The molecule has 3 rings (SSSR count). The minimum absolute atomic E-state index is 0.0878. The second kappa shape index (κ2) is 7.82. The minimum Gasteiger partial charge on any atom is -0.353 e. The number of nitrogens with zero attached hydrogens (tertiary/aromatic N) is 1. The lowest BCUT2D eigenvalue weighted by Crippen LogP contribution is -2.48. The molecule has 1 aliphatic heterocycles. The molecule has 1 saturated carbocycles. The van der Waals surface area contributed by atoms with E-state index >= 15 is 0 Å². The average molecular weight is 328 g/mol. The largest absolute Gasteiger partial charge is 0.353 e. The van der Waals surface area contributed by atoms with E-state index in [4.69, 9.17) is 0 Å². The van der Waals surface area contributed by atoms with Crippen LogP contribution in [0, 0.1) is 12.8 Å². The van der Waals surface area contributed by atoms with Gasteiger partial charge in [-0.2, -0.15) is 0 Å². The minimum atomic E-state index is 0.0878. The first kappa shape index (κ1) is 17.0. The first-order valence-corrected chi connectivity index (χ1v) is 9.26. The van der Waals surface area contributed by atoms with E-state index in [1.54, 1.807) is 0 Å². The summed E-state index contributed by atoms with van der Waals surface area (Å²) in [6.07, 6.45) is 6.70.